The van der Waals surface area contributed by atoms with Gasteiger partial charge in [-0.05, 0) is 75.0 Å². The van der Waals surface area contributed by atoms with Crippen LogP contribution in [-0.2, 0) is 0 Å². The molecule has 0 saturated carbocycles. The third-order valence-electron chi connectivity index (χ3n) is 9.34. The van der Waals surface area contributed by atoms with Crippen LogP contribution >= 0.6 is 11.3 Å². The van der Waals surface area contributed by atoms with Crippen LogP contribution in [0.5, 0.6) is 0 Å². The summed E-state index contributed by atoms with van der Waals surface area (Å²) in [7, 11) is 0. The minimum absolute atomic E-state index is 0.699. The van der Waals surface area contributed by atoms with E-state index in [2.05, 4.69) is 138 Å². The molecule has 6 aromatic carbocycles. The lowest BCUT2D eigenvalue weighted by Crippen LogP contribution is -1.97. The van der Waals surface area contributed by atoms with Gasteiger partial charge in [-0.2, -0.15) is 0 Å². The molecule has 9 aromatic rings. The second-order valence-electron chi connectivity index (χ2n) is 12.0. The van der Waals surface area contributed by atoms with Crippen LogP contribution in [0.1, 0.15) is 0 Å². The first-order valence-corrected chi connectivity index (χ1v) is 16.6. The third kappa shape index (κ3) is 4.16. The lowest BCUT2D eigenvalue weighted by Gasteiger charge is -2.13. The van der Waals surface area contributed by atoms with Crippen LogP contribution in [0.4, 0.5) is 0 Å². The molecule has 0 aliphatic heterocycles. The highest BCUT2D eigenvalue weighted by molar-refractivity contribution is 7.25. The van der Waals surface area contributed by atoms with E-state index in [1.807, 2.05) is 23.6 Å². The normalized spacial score (nSPS) is 11.8. The molecular weight excluding hydrogens is 591 g/mol. The topological polar surface area (TPSA) is 38.7 Å². The molecule has 4 heteroatoms. The maximum absolute atomic E-state index is 5.29. The highest BCUT2D eigenvalue weighted by atomic mass is 32.1. The van der Waals surface area contributed by atoms with Gasteiger partial charge in [-0.15, -0.1) is 11.3 Å². The summed E-state index contributed by atoms with van der Waals surface area (Å²) in [5.41, 5.74) is 12.2. The van der Waals surface area contributed by atoms with E-state index >= 15 is 0 Å². The average Bonchev–Trinajstić information content (AvgIpc) is 3.68. The predicted molar refractivity (Wildman–Crippen MR) is 196 cm³/mol. The minimum Gasteiger partial charge on any atom is -0.264 e. The van der Waals surface area contributed by atoms with Crippen LogP contribution in [0.15, 0.2) is 152 Å². The Bertz CT molecular complexity index is 2660. The van der Waals surface area contributed by atoms with Crippen LogP contribution in [0.25, 0.3) is 98.2 Å². The van der Waals surface area contributed by atoms with Gasteiger partial charge >= 0.3 is 0 Å². The Kier molecular flexibility index (Phi) is 5.74. The predicted octanol–water partition coefficient (Wildman–Crippen LogP) is 11.7. The Morgan fingerprint density at radius 2 is 1.11 bits per heavy atom. The van der Waals surface area contributed by atoms with Crippen molar-refractivity contribution in [1.29, 1.82) is 0 Å². The van der Waals surface area contributed by atoms with Gasteiger partial charge in [0, 0.05) is 54.8 Å². The zero-order chi connectivity index (χ0) is 30.9. The number of rotatable bonds is 4. The molecule has 1 aliphatic carbocycles. The Balaban J connectivity index is 1.21. The molecule has 0 fully saturated rings. The number of fused-ring (bicyclic) bond motifs is 6. The van der Waals surface area contributed by atoms with Crippen LogP contribution < -0.4 is 0 Å². The van der Waals surface area contributed by atoms with Crippen molar-refractivity contribution in [1.82, 2.24) is 15.0 Å². The molecule has 218 valence electrons. The van der Waals surface area contributed by atoms with Crippen LogP contribution in [0, 0.1) is 0 Å². The fraction of sp³-hybridized carbons (Fsp3) is 0. The van der Waals surface area contributed by atoms with E-state index in [0.717, 1.165) is 39.2 Å². The van der Waals surface area contributed by atoms with Crippen molar-refractivity contribution in [2.24, 2.45) is 0 Å². The van der Waals surface area contributed by atoms with E-state index < -0.39 is 0 Å². The molecule has 0 N–H and O–H groups in total. The highest BCUT2D eigenvalue weighted by Crippen LogP contribution is 2.49. The highest BCUT2D eigenvalue weighted by Gasteiger charge is 2.23. The lowest BCUT2D eigenvalue weighted by atomic mass is 9.96. The molecule has 0 amide bonds. The number of nitrogens with zero attached hydrogens (tertiary/aromatic N) is 3. The van der Waals surface area contributed by atoms with Crippen LogP contribution in [-0.4, -0.2) is 15.0 Å². The molecule has 3 nitrogen and oxygen atoms in total. The summed E-state index contributed by atoms with van der Waals surface area (Å²) in [6.45, 7) is 0. The largest absolute Gasteiger partial charge is 0.264 e. The van der Waals surface area contributed by atoms with Gasteiger partial charge < -0.3 is 0 Å². The minimum atomic E-state index is 0.699. The summed E-state index contributed by atoms with van der Waals surface area (Å²) in [6.07, 6.45) is 3.70. The smallest absolute Gasteiger partial charge is 0.160 e. The van der Waals surface area contributed by atoms with E-state index in [1.54, 1.807) is 6.20 Å². The maximum atomic E-state index is 5.29. The van der Waals surface area contributed by atoms with Gasteiger partial charge in [-0.3, -0.25) is 4.98 Å². The third-order valence-corrected chi connectivity index (χ3v) is 10.5. The number of thiophene rings is 1. The molecule has 0 unspecified atom stereocenters. The maximum Gasteiger partial charge on any atom is 0.160 e. The van der Waals surface area contributed by atoms with E-state index in [1.165, 1.54) is 53.2 Å². The number of hydrogen-bond donors (Lipinski definition) is 0. The summed E-state index contributed by atoms with van der Waals surface area (Å²) in [6, 6.07) is 49.9. The number of hydrogen-bond acceptors (Lipinski definition) is 4. The monoisotopic (exact) mass is 615 g/mol. The van der Waals surface area contributed by atoms with Crippen LogP contribution in [0.2, 0.25) is 0 Å². The Morgan fingerprint density at radius 3 is 2.00 bits per heavy atom. The molecule has 1 aliphatic rings. The first-order chi connectivity index (χ1) is 23.3. The van der Waals surface area contributed by atoms with E-state index in [4.69, 9.17) is 9.97 Å². The summed E-state index contributed by atoms with van der Waals surface area (Å²) in [5.74, 6) is 0.699. The fourth-order valence-corrected chi connectivity index (χ4v) is 8.24. The van der Waals surface area contributed by atoms with Gasteiger partial charge in [0.2, 0.25) is 0 Å². The Labute approximate surface area is 275 Å². The molecule has 0 bridgehead atoms. The zero-order valence-electron chi connectivity index (χ0n) is 25.2. The van der Waals surface area contributed by atoms with Crippen molar-refractivity contribution >= 4 is 42.3 Å². The molecule has 0 saturated heterocycles. The summed E-state index contributed by atoms with van der Waals surface area (Å²) >= 11 is 1.83. The van der Waals surface area contributed by atoms with Gasteiger partial charge in [0.25, 0.3) is 0 Å². The molecule has 10 rings (SSSR count). The second-order valence-corrected chi connectivity index (χ2v) is 13.1. The number of aromatic nitrogens is 3. The molecule has 0 spiro atoms. The van der Waals surface area contributed by atoms with Gasteiger partial charge in [-0.25, -0.2) is 9.97 Å². The average molecular weight is 616 g/mol. The lowest BCUT2D eigenvalue weighted by molar-refractivity contribution is 1.19. The summed E-state index contributed by atoms with van der Waals surface area (Å²) in [4.78, 5) is 14.9. The van der Waals surface area contributed by atoms with Gasteiger partial charge in [0.15, 0.2) is 5.82 Å². The number of pyridine rings is 1. The second kappa shape index (κ2) is 10.3. The number of benzene rings is 6. The van der Waals surface area contributed by atoms with Crippen molar-refractivity contribution < 1.29 is 0 Å². The molecule has 3 heterocycles. The quantitative estimate of drug-likeness (QED) is 0.198. The Hall–Kier alpha value is -5.97. The van der Waals surface area contributed by atoms with Gasteiger partial charge in [0.05, 0.1) is 11.4 Å². The van der Waals surface area contributed by atoms with Crippen molar-refractivity contribution in [3.05, 3.63) is 152 Å². The van der Waals surface area contributed by atoms with Gasteiger partial charge in [0.1, 0.15) is 0 Å². The van der Waals surface area contributed by atoms with E-state index in [9.17, 15) is 0 Å². The van der Waals surface area contributed by atoms with Crippen molar-refractivity contribution in [3.8, 4) is 67.3 Å². The SMILES string of the molecule is c1cncc(-c2cccc(-c3nc(-c4ccc5sc6ccccc6c5c4)cc(-c4ccc5c6c(cccc46)-c4ccccc4-5)n3)c2)c1. The Morgan fingerprint density at radius 1 is 0.404 bits per heavy atom. The first kappa shape index (κ1) is 26.3. The van der Waals surface area contributed by atoms with Crippen molar-refractivity contribution in [3.63, 3.8) is 0 Å². The molecule has 3 aromatic heterocycles. The molecular formula is C43H25N3S. The summed E-state index contributed by atoms with van der Waals surface area (Å²) < 4.78 is 2.57. The van der Waals surface area contributed by atoms with Crippen molar-refractivity contribution in [2.75, 3.05) is 0 Å². The molecule has 0 atom stereocenters. The fourth-order valence-electron chi connectivity index (χ4n) is 7.15. The van der Waals surface area contributed by atoms with E-state index in [0.29, 0.717) is 5.82 Å². The van der Waals surface area contributed by atoms with Crippen molar-refractivity contribution in [2.45, 2.75) is 0 Å². The zero-order valence-corrected chi connectivity index (χ0v) is 26.0. The van der Waals surface area contributed by atoms with Crippen LogP contribution in [0.3, 0.4) is 0 Å². The summed E-state index contributed by atoms with van der Waals surface area (Å²) in [5, 5.41) is 5.03. The first-order valence-electron chi connectivity index (χ1n) is 15.8. The molecule has 47 heavy (non-hydrogen) atoms. The standard InChI is InChI=1S/C43H25N3S/c1-2-12-31-30(11-1)34-14-6-15-35-32(18-19-36(31)42(34)35)39-24-38(27-17-20-41-37(23-27)33-13-3-4-16-40(33)47-41)45-43(46-39)28-9-5-8-26(22-28)29-10-7-21-44-25-29/h1-25H. The van der Waals surface area contributed by atoms with E-state index in [-0.39, 0.29) is 0 Å². The molecule has 0 radical (unpaired) electrons. The van der Waals surface area contributed by atoms with Gasteiger partial charge in [-0.1, -0.05) is 103 Å².